The molecule has 0 aliphatic carbocycles. The summed E-state index contributed by atoms with van der Waals surface area (Å²) in [4.78, 5) is 12.6. The largest absolute Gasteiger partial charge is 0.496 e. The van der Waals surface area contributed by atoms with E-state index in [1.54, 1.807) is 24.3 Å². The zero-order chi connectivity index (χ0) is 17.5. The first kappa shape index (κ1) is 17.2. The number of carbonyl (C=O) groups is 1. The molecule has 4 nitrogen and oxygen atoms in total. The molecule has 2 aromatic carbocycles. The summed E-state index contributed by atoms with van der Waals surface area (Å²) in [6.45, 7) is 1.95. The molecule has 0 radical (unpaired) electrons. The van der Waals surface area contributed by atoms with Gasteiger partial charge in [-0.2, -0.15) is 10.5 Å². The number of hydrogen-bond acceptors (Lipinski definition) is 4. The van der Waals surface area contributed by atoms with Gasteiger partial charge in [0.25, 0.3) is 0 Å². The number of rotatable bonds is 6. The van der Waals surface area contributed by atoms with E-state index in [2.05, 4.69) is 0 Å². The van der Waals surface area contributed by atoms with Gasteiger partial charge < -0.3 is 4.74 Å². The van der Waals surface area contributed by atoms with Crippen molar-refractivity contribution in [2.75, 3.05) is 7.11 Å². The summed E-state index contributed by atoms with van der Waals surface area (Å²) in [6, 6.07) is 18.5. The van der Waals surface area contributed by atoms with Crippen LogP contribution in [0.25, 0.3) is 0 Å². The van der Waals surface area contributed by atoms with Crippen molar-refractivity contribution in [3.05, 3.63) is 65.2 Å². The van der Waals surface area contributed by atoms with Gasteiger partial charge in [-0.25, -0.2) is 0 Å². The summed E-state index contributed by atoms with van der Waals surface area (Å²) >= 11 is 0. The van der Waals surface area contributed by atoms with E-state index in [1.165, 1.54) is 7.11 Å². The van der Waals surface area contributed by atoms with Crippen molar-refractivity contribution in [3.63, 3.8) is 0 Å². The predicted octanol–water partition coefficient (Wildman–Crippen LogP) is 4.02. The molecule has 1 atom stereocenters. The number of ether oxygens (including phenoxy) is 1. The van der Waals surface area contributed by atoms with Crippen LogP contribution in [0.15, 0.2) is 48.5 Å². The van der Waals surface area contributed by atoms with E-state index >= 15 is 0 Å². The van der Waals surface area contributed by atoms with E-state index in [0.29, 0.717) is 16.9 Å². The first-order valence-corrected chi connectivity index (χ1v) is 7.62. The fourth-order valence-corrected chi connectivity index (χ4v) is 2.65. The van der Waals surface area contributed by atoms with Crippen molar-refractivity contribution in [1.29, 1.82) is 10.5 Å². The van der Waals surface area contributed by atoms with Crippen LogP contribution in [-0.4, -0.2) is 12.9 Å². The second kappa shape index (κ2) is 7.94. The van der Waals surface area contributed by atoms with Gasteiger partial charge in [-0.3, -0.25) is 4.79 Å². The fraction of sp³-hybridized carbons (Fsp3) is 0.250. The van der Waals surface area contributed by atoms with Crippen molar-refractivity contribution in [2.45, 2.75) is 19.3 Å². The van der Waals surface area contributed by atoms with E-state index in [9.17, 15) is 15.3 Å². The highest BCUT2D eigenvalue weighted by Crippen LogP contribution is 2.35. The number of benzene rings is 2. The van der Waals surface area contributed by atoms with Crippen LogP contribution in [-0.2, 0) is 0 Å². The fourth-order valence-electron chi connectivity index (χ4n) is 2.65. The Morgan fingerprint density at radius 1 is 1.08 bits per heavy atom. The number of methoxy groups -OCH3 is 1. The molecule has 0 aromatic heterocycles. The van der Waals surface area contributed by atoms with E-state index in [-0.39, 0.29) is 12.2 Å². The van der Waals surface area contributed by atoms with Gasteiger partial charge in [0.1, 0.15) is 11.7 Å². The van der Waals surface area contributed by atoms with Crippen LogP contribution in [0.4, 0.5) is 0 Å². The molecule has 0 bridgehead atoms. The number of ketones is 1. The van der Waals surface area contributed by atoms with Crippen LogP contribution in [0.1, 0.15) is 33.8 Å². The Balaban J connectivity index is 2.37. The number of hydrogen-bond donors (Lipinski definition) is 0. The zero-order valence-corrected chi connectivity index (χ0v) is 13.7. The molecular formula is C20H18N2O2. The van der Waals surface area contributed by atoms with Crippen LogP contribution in [0.5, 0.6) is 5.75 Å². The van der Waals surface area contributed by atoms with Gasteiger partial charge in [-0.1, -0.05) is 48.0 Å². The van der Waals surface area contributed by atoms with Crippen LogP contribution < -0.4 is 4.74 Å². The van der Waals surface area contributed by atoms with Crippen molar-refractivity contribution in [2.24, 2.45) is 5.92 Å². The molecule has 0 saturated carbocycles. The van der Waals surface area contributed by atoms with Crippen LogP contribution in [0.2, 0.25) is 0 Å². The molecule has 4 heteroatoms. The Labute approximate surface area is 141 Å². The van der Waals surface area contributed by atoms with Crippen LogP contribution >= 0.6 is 0 Å². The Morgan fingerprint density at radius 2 is 1.71 bits per heavy atom. The van der Waals surface area contributed by atoms with Crippen molar-refractivity contribution >= 4 is 5.78 Å². The number of carbonyl (C=O) groups excluding carboxylic acids is 1. The van der Waals surface area contributed by atoms with Gasteiger partial charge in [-0.05, 0) is 13.0 Å². The predicted molar refractivity (Wildman–Crippen MR) is 90.6 cm³/mol. The quantitative estimate of drug-likeness (QED) is 0.754. The molecular weight excluding hydrogens is 300 g/mol. The summed E-state index contributed by atoms with van der Waals surface area (Å²) in [6.07, 6.45) is 0.0786. The monoisotopic (exact) mass is 318 g/mol. The van der Waals surface area contributed by atoms with Gasteiger partial charge in [0.2, 0.25) is 0 Å². The first-order chi connectivity index (χ1) is 11.6. The average Bonchev–Trinajstić information content (AvgIpc) is 2.62. The highest BCUT2D eigenvalue weighted by atomic mass is 16.5. The van der Waals surface area contributed by atoms with Gasteiger partial charge >= 0.3 is 0 Å². The van der Waals surface area contributed by atoms with E-state index in [4.69, 9.17) is 4.74 Å². The van der Waals surface area contributed by atoms with E-state index in [0.717, 1.165) is 5.56 Å². The molecule has 0 amide bonds. The molecule has 0 aliphatic heterocycles. The lowest BCUT2D eigenvalue weighted by Gasteiger charge is -2.20. The molecule has 0 fully saturated rings. The summed E-state index contributed by atoms with van der Waals surface area (Å²) < 4.78 is 5.34. The topological polar surface area (TPSA) is 73.9 Å². The first-order valence-electron chi connectivity index (χ1n) is 7.62. The molecule has 0 heterocycles. The lowest BCUT2D eigenvalue weighted by atomic mass is 9.82. The van der Waals surface area contributed by atoms with Gasteiger partial charge in [0.15, 0.2) is 5.78 Å². The Bertz CT molecular complexity index is 784. The third kappa shape index (κ3) is 3.80. The number of aryl methyl sites for hydroxylation is 1. The zero-order valence-electron chi connectivity index (χ0n) is 13.7. The lowest BCUT2D eigenvalue weighted by molar-refractivity contribution is 0.0970. The molecule has 0 spiro atoms. The minimum absolute atomic E-state index is 0.0786. The molecule has 2 aromatic rings. The van der Waals surface area contributed by atoms with Gasteiger partial charge in [0.05, 0.1) is 19.2 Å². The van der Waals surface area contributed by atoms with Crippen LogP contribution in [0.3, 0.4) is 0 Å². The number of Topliss-reactive ketones (excluding diaryl/α,β-unsaturated/α-hetero) is 1. The van der Waals surface area contributed by atoms with Crippen molar-refractivity contribution < 1.29 is 9.53 Å². The molecule has 0 N–H and O–H groups in total. The number of nitriles is 2. The second-order valence-electron chi connectivity index (χ2n) is 5.58. The molecule has 0 unspecified atom stereocenters. The smallest absolute Gasteiger partial charge is 0.163 e. The normalized spacial score (nSPS) is 11.4. The Morgan fingerprint density at radius 3 is 2.29 bits per heavy atom. The molecule has 24 heavy (non-hydrogen) atoms. The number of nitrogens with zero attached hydrogens (tertiary/aromatic N) is 2. The number of para-hydroxylation sites is 1. The summed E-state index contributed by atoms with van der Waals surface area (Å²) in [7, 11) is 1.53. The standard InChI is InChI=1S/C20H18N2O2/c1-14-7-9-15(10-8-14)19(23)11-18(16(12-21)13-22)17-5-3-4-6-20(17)24-2/h3-10,16,18H,11H2,1-2H3/t18-/m0/s1. The maximum Gasteiger partial charge on any atom is 0.163 e. The van der Waals surface area contributed by atoms with Crippen LogP contribution in [0, 0.1) is 35.5 Å². The average molecular weight is 318 g/mol. The van der Waals surface area contributed by atoms with E-state index < -0.39 is 11.8 Å². The highest BCUT2D eigenvalue weighted by molar-refractivity contribution is 5.96. The highest BCUT2D eigenvalue weighted by Gasteiger charge is 2.28. The molecule has 120 valence electrons. The lowest BCUT2D eigenvalue weighted by Crippen LogP contribution is -2.16. The van der Waals surface area contributed by atoms with Crippen molar-refractivity contribution in [1.82, 2.24) is 0 Å². The van der Waals surface area contributed by atoms with Gasteiger partial charge in [0, 0.05) is 23.5 Å². The molecule has 0 saturated heterocycles. The third-order valence-corrected chi connectivity index (χ3v) is 4.00. The van der Waals surface area contributed by atoms with Crippen molar-refractivity contribution in [3.8, 4) is 17.9 Å². The third-order valence-electron chi connectivity index (χ3n) is 4.00. The van der Waals surface area contributed by atoms with E-state index in [1.807, 2.05) is 43.3 Å². The summed E-state index contributed by atoms with van der Waals surface area (Å²) in [5.41, 5.74) is 2.35. The summed E-state index contributed by atoms with van der Waals surface area (Å²) in [5, 5.41) is 18.6. The maximum absolute atomic E-state index is 12.6. The molecule has 0 aliphatic rings. The SMILES string of the molecule is COc1ccccc1[C@@H](CC(=O)c1ccc(C)cc1)C(C#N)C#N. The maximum atomic E-state index is 12.6. The Kier molecular flexibility index (Phi) is 5.71. The Hall–Kier alpha value is -3.11. The minimum atomic E-state index is -0.921. The van der Waals surface area contributed by atoms with Gasteiger partial charge in [-0.15, -0.1) is 0 Å². The summed E-state index contributed by atoms with van der Waals surface area (Å²) in [5.74, 6) is -0.975. The second-order valence-corrected chi connectivity index (χ2v) is 5.58. The minimum Gasteiger partial charge on any atom is -0.496 e. The molecule has 2 rings (SSSR count).